The number of nitrogens with one attached hydrogen (secondary N) is 1. The molecular formula is C25H20BrN5O3S. The first kappa shape index (κ1) is 23.0. The average molecular weight is 550 g/mol. The average Bonchev–Trinajstić information content (AvgIpc) is 3.45. The van der Waals surface area contributed by atoms with Crippen LogP contribution in [-0.4, -0.2) is 33.1 Å². The molecule has 0 aliphatic heterocycles. The van der Waals surface area contributed by atoms with Gasteiger partial charge in [-0.05, 0) is 46.6 Å². The summed E-state index contributed by atoms with van der Waals surface area (Å²) in [7, 11) is -3.93. The van der Waals surface area contributed by atoms with Gasteiger partial charge in [0.1, 0.15) is 0 Å². The number of anilines is 1. The zero-order chi connectivity index (χ0) is 24.6. The molecule has 0 saturated carbocycles. The Hall–Kier alpha value is -3.76. The second-order valence-electron chi connectivity index (χ2n) is 8.05. The zero-order valence-corrected chi connectivity index (χ0v) is 21.0. The highest BCUT2D eigenvalue weighted by Crippen LogP contribution is 2.30. The molecule has 1 amide bonds. The van der Waals surface area contributed by atoms with Crippen LogP contribution in [0.25, 0.3) is 11.0 Å². The van der Waals surface area contributed by atoms with Crippen molar-refractivity contribution in [2.75, 3.05) is 5.32 Å². The second-order valence-corrected chi connectivity index (χ2v) is 10.8. The molecule has 0 atom stereocenters. The first-order chi connectivity index (χ1) is 16.8. The first-order valence-corrected chi connectivity index (χ1v) is 12.9. The Balaban J connectivity index is 1.48. The number of carbonyl (C=O) groups excluding carboxylic acids is 1. The molecule has 8 nitrogen and oxygen atoms in total. The molecule has 0 saturated heterocycles. The number of benzene rings is 2. The van der Waals surface area contributed by atoms with Crippen LogP contribution in [0.3, 0.4) is 0 Å². The zero-order valence-electron chi connectivity index (χ0n) is 18.6. The third kappa shape index (κ3) is 4.62. The number of hydrogen-bond acceptors (Lipinski definition) is 5. The van der Waals surface area contributed by atoms with E-state index in [0.717, 1.165) is 15.1 Å². The van der Waals surface area contributed by atoms with E-state index in [1.54, 1.807) is 41.2 Å². The van der Waals surface area contributed by atoms with Gasteiger partial charge in [-0.15, -0.1) is 0 Å². The summed E-state index contributed by atoms with van der Waals surface area (Å²) >= 11 is 3.38. The van der Waals surface area contributed by atoms with E-state index >= 15 is 0 Å². The summed E-state index contributed by atoms with van der Waals surface area (Å²) < 4.78 is 30.2. The van der Waals surface area contributed by atoms with E-state index in [0.29, 0.717) is 27.7 Å². The molecule has 3 heterocycles. The highest BCUT2D eigenvalue weighted by atomic mass is 79.9. The quantitative estimate of drug-likeness (QED) is 0.326. The third-order valence-electron chi connectivity index (χ3n) is 5.49. The van der Waals surface area contributed by atoms with E-state index in [2.05, 4.69) is 31.3 Å². The van der Waals surface area contributed by atoms with E-state index in [-0.39, 0.29) is 10.5 Å². The molecule has 0 aliphatic rings. The molecule has 1 N–H and O–H groups in total. The summed E-state index contributed by atoms with van der Waals surface area (Å²) in [5.74, 6) is -0.406. The highest BCUT2D eigenvalue weighted by molar-refractivity contribution is 9.10. The van der Waals surface area contributed by atoms with Gasteiger partial charge in [0.25, 0.3) is 15.9 Å². The maximum absolute atomic E-state index is 13.4. The number of carbonyl (C=O) groups is 1. The van der Waals surface area contributed by atoms with E-state index in [4.69, 9.17) is 0 Å². The van der Waals surface area contributed by atoms with Gasteiger partial charge in [-0.1, -0.05) is 48.0 Å². The number of pyridine rings is 1. The summed E-state index contributed by atoms with van der Waals surface area (Å²) in [5.41, 5.74) is 2.90. The molecule has 5 aromatic rings. The molecular weight excluding hydrogens is 530 g/mol. The number of halogens is 1. The predicted molar refractivity (Wildman–Crippen MR) is 137 cm³/mol. The van der Waals surface area contributed by atoms with E-state index < -0.39 is 15.9 Å². The van der Waals surface area contributed by atoms with Crippen molar-refractivity contribution in [1.29, 1.82) is 0 Å². The number of aryl methyl sites for hydroxylation is 1. The van der Waals surface area contributed by atoms with E-state index in [1.165, 1.54) is 18.6 Å². The van der Waals surface area contributed by atoms with Gasteiger partial charge in [0, 0.05) is 28.4 Å². The van der Waals surface area contributed by atoms with Gasteiger partial charge in [-0.2, -0.15) is 5.10 Å². The van der Waals surface area contributed by atoms with Crippen LogP contribution >= 0.6 is 15.9 Å². The van der Waals surface area contributed by atoms with Crippen LogP contribution in [0.5, 0.6) is 0 Å². The summed E-state index contributed by atoms with van der Waals surface area (Å²) in [6.45, 7) is 2.41. The van der Waals surface area contributed by atoms with Crippen molar-refractivity contribution in [2.24, 2.45) is 0 Å². The molecule has 0 bridgehead atoms. The Morgan fingerprint density at radius 2 is 1.77 bits per heavy atom. The number of aromatic nitrogens is 4. The Kier molecular flexibility index (Phi) is 6.00. The largest absolute Gasteiger partial charge is 0.320 e. The molecule has 5 rings (SSSR count). The minimum atomic E-state index is -3.93. The lowest BCUT2D eigenvalue weighted by Crippen LogP contribution is -2.13. The van der Waals surface area contributed by atoms with Crippen LogP contribution in [-0.2, 0) is 16.6 Å². The van der Waals surface area contributed by atoms with Crippen LogP contribution in [0.1, 0.15) is 21.5 Å². The number of rotatable bonds is 6. The summed E-state index contributed by atoms with van der Waals surface area (Å²) in [6, 6.07) is 18.1. The Morgan fingerprint density at radius 3 is 2.51 bits per heavy atom. The fourth-order valence-electron chi connectivity index (χ4n) is 3.69. The summed E-state index contributed by atoms with van der Waals surface area (Å²) in [4.78, 5) is 17.5. The fraction of sp³-hybridized carbons (Fsp3) is 0.0800. The van der Waals surface area contributed by atoms with Gasteiger partial charge >= 0.3 is 0 Å². The number of nitrogens with zero attached hydrogens (tertiary/aromatic N) is 4. The number of amides is 1. The standard InChI is InChI=1S/C25H20BrN5O3S/c1-17-7-9-21(10-8-17)35(33,34)31-16-23(22-11-20(26)13-27-24(22)31)29-25(32)19-12-28-30(15-19)14-18-5-3-2-4-6-18/h2-13,15-16H,14H2,1H3,(H,29,32). The Bertz CT molecular complexity index is 1640. The molecule has 176 valence electrons. The smallest absolute Gasteiger partial charge is 0.269 e. The van der Waals surface area contributed by atoms with E-state index in [1.807, 2.05) is 37.3 Å². The SMILES string of the molecule is Cc1ccc(S(=O)(=O)n2cc(NC(=O)c3cnn(Cc4ccccc4)c3)c3cc(Br)cnc32)cc1. The minimum absolute atomic E-state index is 0.129. The molecule has 0 radical (unpaired) electrons. The molecule has 3 aromatic heterocycles. The Labute approximate surface area is 210 Å². The summed E-state index contributed by atoms with van der Waals surface area (Å²) in [6.07, 6.45) is 6.03. The van der Waals surface area contributed by atoms with Crippen molar-refractivity contribution in [3.8, 4) is 0 Å². The highest BCUT2D eigenvalue weighted by Gasteiger charge is 2.23. The van der Waals surface area contributed by atoms with Crippen LogP contribution in [0, 0.1) is 6.92 Å². The van der Waals surface area contributed by atoms with Gasteiger partial charge in [0.2, 0.25) is 0 Å². The molecule has 0 aliphatic carbocycles. The van der Waals surface area contributed by atoms with Crippen LogP contribution in [0.15, 0.2) is 94.8 Å². The monoisotopic (exact) mass is 549 g/mol. The number of fused-ring (bicyclic) bond motifs is 1. The molecule has 10 heteroatoms. The first-order valence-electron chi connectivity index (χ1n) is 10.7. The maximum atomic E-state index is 13.4. The second kappa shape index (κ2) is 9.12. The van der Waals surface area contributed by atoms with Crippen molar-refractivity contribution in [2.45, 2.75) is 18.4 Å². The van der Waals surface area contributed by atoms with Gasteiger partial charge in [-0.25, -0.2) is 17.4 Å². The lowest BCUT2D eigenvalue weighted by Gasteiger charge is -2.07. The third-order valence-corrected chi connectivity index (χ3v) is 7.59. The van der Waals surface area contributed by atoms with Crippen LogP contribution in [0.4, 0.5) is 5.69 Å². The molecule has 2 aromatic carbocycles. The van der Waals surface area contributed by atoms with Crippen molar-refractivity contribution < 1.29 is 13.2 Å². The minimum Gasteiger partial charge on any atom is -0.320 e. The summed E-state index contributed by atoms with van der Waals surface area (Å²) in [5, 5.41) is 7.58. The lowest BCUT2D eigenvalue weighted by molar-refractivity contribution is 0.102. The molecule has 0 spiro atoms. The van der Waals surface area contributed by atoms with Crippen molar-refractivity contribution in [1.82, 2.24) is 18.7 Å². The predicted octanol–water partition coefficient (Wildman–Crippen LogP) is 4.84. The van der Waals surface area contributed by atoms with Gasteiger partial charge in [0.15, 0.2) is 5.65 Å². The fourth-order valence-corrected chi connectivity index (χ4v) is 5.35. The van der Waals surface area contributed by atoms with Crippen LogP contribution < -0.4 is 5.32 Å². The van der Waals surface area contributed by atoms with Gasteiger partial charge in [0.05, 0.1) is 28.9 Å². The Morgan fingerprint density at radius 1 is 1.03 bits per heavy atom. The lowest BCUT2D eigenvalue weighted by atomic mass is 10.2. The normalized spacial score (nSPS) is 11.6. The number of hydrogen-bond donors (Lipinski definition) is 1. The van der Waals surface area contributed by atoms with Crippen molar-refractivity contribution >= 4 is 48.6 Å². The molecule has 0 fully saturated rings. The molecule has 35 heavy (non-hydrogen) atoms. The van der Waals surface area contributed by atoms with E-state index in [9.17, 15) is 13.2 Å². The van der Waals surface area contributed by atoms with Crippen LogP contribution in [0.2, 0.25) is 0 Å². The maximum Gasteiger partial charge on any atom is 0.269 e. The topological polar surface area (TPSA) is 98.9 Å². The molecule has 0 unspecified atom stereocenters. The van der Waals surface area contributed by atoms with Gasteiger partial charge in [-0.3, -0.25) is 9.48 Å². The van der Waals surface area contributed by atoms with Crippen molar-refractivity contribution in [3.05, 3.63) is 107 Å². The van der Waals surface area contributed by atoms with Gasteiger partial charge < -0.3 is 5.32 Å². The van der Waals surface area contributed by atoms with Crippen molar-refractivity contribution in [3.63, 3.8) is 0 Å².